The highest BCUT2D eigenvalue weighted by molar-refractivity contribution is 5.17. The van der Waals surface area contributed by atoms with Gasteiger partial charge in [0.25, 0.3) is 0 Å². The van der Waals surface area contributed by atoms with Crippen LogP contribution < -0.4 is 5.32 Å². The molecule has 2 heteroatoms. The van der Waals surface area contributed by atoms with E-state index >= 15 is 0 Å². The van der Waals surface area contributed by atoms with Crippen molar-refractivity contribution in [1.82, 2.24) is 5.32 Å². The van der Waals surface area contributed by atoms with E-state index in [-0.39, 0.29) is 0 Å². The summed E-state index contributed by atoms with van der Waals surface area (Å²) in [6, 6.07) is 4.31. The van der Waals surface area contributed by atoms with Crippen molar-refractivity contribution in [3.05, 3.63) is 23.7 Å². The van der Waals surface area contributed by atoms with Gasteiger partial charge in [0.2, 0.25) is 0 Å². The molecule has 1 aromatic rings. The molecule has 0 saturated heterocycles. The minimum atomic E-state index is 0.703. The van der Waals surface area contributed by atoms with Gasteiger partial charge in [-0.25, -0.2) is 0 Å². The van der Waals surface area contributed by atoms with E-state index in [1.165, 1.54) is 31.4 Å². The van der Waals surface area contributed by atoms with Crippen molar-refractivity contribution in [2.45, 2.75) is 52.0 Å². The third-order valence-electron chi connectivity index (χ3n) is 4.69. The Labute approximate surface area is 110 Å². The summed E-state index contributed by atoms with van der Waals surface area (Å²) in [6.07, 6.45) is 5.52. The maximum Gasteiger partial charge on any atom is 0.117 e. The molecule has 2 aliphatic rings. The Hall–Kier alpha value is -0.760. The van der Waals surface area contributed by atoms with Crippen LogP contribution in [0.15, 0.2) is 16.5 Å². The highest BCUT2D eigenvalue weighted by atomic mass is 16.3. The predicted octanol–water partition coefficient (Wildman–Crippen LogP) is 3.93. The molecule has 2 aliphatic carbocycles. The Bertz CT molecular complexity index is 398. The van der Waals surface area contributed by atoms with Crippen LogP contribution in [0.25, 0.3) is 0 Å². The first-order valence-corrected chi connectivity index (χ1v) is 7.51. The van der Waals surface area contributed by atoms with E-state index in [1.807, 2.05) is 0 Å². The van der Waals surface area contributed by atoms with Gasteiger partial charge in [0, 0.05) is 5.92 Å². The topological polar surface area (TPSA) is 25.2 Å². The molecule has 0 amide bonds. The Morgan fingerprint density at radius 3 is 2.72 bits per heavy atom. The lowest BCUT2D eigenvalue weighted by Crippen LogP contribution is -2.20. The van der Waals surface area contributed by atoms with E-state index in [1.54, 1.807) is 0 Å². The molecule has 1 N–H and O–H groups in total. The first kappa shape index (κ1) is 12.3. The molecule has 3 rings (SSSR count). The lowest BCUT2D eigenvalue weighted by atomic mass is 10.1. The zero-order valence-electron chi connectivity index (χ0n) is 11.6. The smallest absolute Gasteiger partial charge is 0.117 e. The van der Waals surface area contributed by atoms with E-state index in [0.29, 0.717) is 5.92 Å². The van der Waals surface area contributed by atoms with Crippen LogP contribution in [-0.4, -0.2) is 6.54 Å². The van der Waals surface area contributed by atoms with Gasteiger partial charge in [0.15, 0.2) is 0 Å². The quantitative estimate of drug-likeness (QED) is 0.853. The molecule has 0 bridgehead atoms. The summed E-state index contributed by atoms with van der Waals surface area (Å²) < 4.78 is 5.90. The van der Waals surface area contributed by atoms with Gasteiger partial charge >= 0.3 is 0 Å². The van der Waals surface area contributed by atoms with Gasteiger partial charge in [-0.2, -0.15) is 0 Å². The standard InChI is InChI=1S/C16H25NO/c1-11-3-4-13(7-11)9-17-10-14-5-6-16(18-14)15-8-12(15)2/h5-6,11-13,15,17H,3-4,7-10H2,1-2H3. The molecule has 1 aromatic heterocycles. The third kappa shape index (κ3) is 2.80. The Kier molecular flexibility index (Phi) is 3.47. The van der Waals surface area contributed by atoms with Crippen LogP contribution in [0.4, 0.5) is 0 Å². The first-order valence-electron chi connectivity index (χ1n) is 7.51. The average molecular weight is 247 g/mol. The van der Waals surface area contributed by atoms with Gasteiger partial charge in [-0.1, -0.05) is 20.3 Å². The second kappa shape index (κ2) is 5.08. The zero-order chi connectivity index (χ0) is 12.5. The van der Waals surface area contributed by atoms with Crippen LogP contribution in [0.5, 0.6) is 0 Å². The number of furan rings is 1. The Morgan fingerprint density at radius 1 is 1.22 bits per heavy atom. The van der Waals surface area contributed by atoms with Crippen molar-refractivity contribution < 1.29 is 4.42 Å². The zero-order valence-corrected chi connectivity index (χ0v) is 11.6. The van der Waals surface area contributed by atoms with Crippen LogP contribution >= 0.6 is 0 Å². The van der Waals surface area contributed by atoms with Crippen molar-refractivity contribution >= 4 is 0 Å². The molecule has 0 radical (unpaired) electrons. The molecule has 4 atom stereocenters. The Balaban J connectivity index is 1.41. The van der Waals surface area contributed by atoms with Gasteiger partial charge in [-0.15, -0.1) is 0 Å². The van der Waals surface area contributed by atoms with Crippen molar-refractivity contribution in [3.63, 3.8) is 0 Å². The molecule has 18 heavy (non-hydrogen) atoms. The van der Waals surface area contributed by atoms with Crippen molar-refractivity contribution in [3.8, 4) is 0 Å². The molecular formula is C16H25NO. The van der Waals surface area contributed by atoms with Crippen LogP contribution in [0, 0.1) is 17.8 Å². The average Bonchev–Trinajstić information content (AvgIpc) is 2.79. The van der Waals surface area contributed by atoms with Crippen LogP contribution in [0.1, 0.15) is 57.0 Å². The molecule has 0 aromatic carbocycles. The summed E-state index contributed by atoms with van der Waals surface area (Å²) >= 11 is 0. The fourth-order valence-electron chi connectivity index (χ4n) is 3.32. The molecule has 0 aliphatic heterocycles. The van der Waals surface area contributed by atoms with E-state index in [2.05, 4.69) is 31.3 Å². The predicted molar refractivity (Wildman–Crippen MR) is 73.4 cm³/mol. The van der Waals surface area contributed by atoms with E-state index in [9.17, 15) is 0 Å². The lowest BCUT2D eigenvalue weighted by Gasteiger charge is -2.09. The summed E-state index contributed by atoms with van der Waals surface area (Å²) in [6.45, 7) is 6.72. The molecule has 2 fully saturated rings. The van der Waals surface area contributed by atoms with Crippen LogP contribution in [0.3, 0.4) is 0 Å². The summed E-state index contributed by atoms with van der Waals surface area (Å²) in [5, 5.41) is 3.55. The lowest BCUT2D eigenvalue weighted by molar-refractivity contribution is 0.418. The molecule has 2 saturated carbocycles. The van der Waals surface area contributed by atoms with Gasteiger partial charge in [-0.05, 0) is 55.7 Å². The fraction of sp³-hybridized carbons (Fsp3) is 0.750. The van der Waals surface area contributed by atoms with Crippen LogP contribution in [-0.2, 0) is 6.54 Å². The molecular weight excluding hydrogens is 222 g/mol. The number of nitrogens with one attached hydrogen (secondary N) is 1. The van der Waals surface area contributed by atoms with Gasteiger partial charge in [0.05, 0.1) is 6.54 Å². The summed E-state index contributed by atoms with van der Waals surface area (Å²) in [5.41, 5.74) is 0. The van der Waals surface area contributed by atoms with Gasteiger partial charge in [-0.3, -0.25) is 0 Å². The van der Waals surface area contributed by atoms with Gasteiger partial charge < -0.3 is 9.73 Å². The number of hydrogen-bond donors (Lipinski definition) is 1. The maximum absolute atomic E-state index is 5.90. The molecule has 1 heterocycles. The normalized spacial score (nSPS) is 35.0. The minimum absolute atomic E-state index is 0.703. The summed E-state index contributed by atoms with van der Waals surface area (Å²) in [5.74, 6) is 5.66. The second-order valence-corrected chi connectivity index (χ2v) is 6.54. The summed E-state index contributed by atoms with van der Waals surface area (Å²) in [7, 11) is 0. The van der Waals surface area contributed by atoms with Crippen LogP contribution in [0.2, 0.25) is 0 Å². The van der Waals surface area contributed by atoms with Crippen molar-refractivity contribution in [1.29, 1.82) is 0 Å². The SMILES string of the molecule is CC1CCC(CNCc2ccc(C3CC3C)o2)C1. The fourth-order valence-corrected chi connectivity index (χ4v) is 3.32. The largest absolute Gasteiger partial charge is 0.464 e. The molecule has 2 nitrogen and oxygen atoms in total. The molecule has 100 valence electrons. The van der Waals surface area contributed by atoms with E-state index < -0.39 is 0 Å². The molecule has 4 unspecified atom stereocenters. The first-order chi connectivity index (χ1) is 8.72. The molecule has 0 spiro atoms. The monoisotopic (exact) mass is 247 g/mol. The number of hydrogen-bond acceptors (Lipinski definition) is 2. The summed E-state index contributed by atoms with van der Waals surface area (Å²) in [4.78, 5) is 0. The number of rotatable bonds is 5. The van der Waals surface area contributed by atoms with E-state index in [0.717, 1.165) is 36.6 Å². The Morgan fingerprint density at radius 2 is 2.06 bits per heavy atom. The highest BCUT2D eigenvalue weighted by Crippen LogP contribution is 2.47. The van der Waals surface area contributed by atoms with Gasteiger partial charge in [0.1, 0.15) is 11.5 Å². The van der Waals surface area contributed by atoms with Crippen molar-refractivity contribution in [2.24, 2.45) is 17.8 Å². The van der Waals surface area contributed by atoms with Crippen molar-refractivity contribution in [2.75, 3.05) is 6.54 Å². The highest BCUT2D eigenvalue weighted by Gasteiger charge is 2.36. The maximum atomic E-state index is 5.90. The third-order valence-corrected chi connectivity index (χ3v) is 4.69. The van der Waals surface area contributed by atoms with E-state index in [4.69, 9.17) is 4.42 Å². The minimum Gasteiger partial charge on any atom is -0.464 e. The second-order valence-electron chi connectivity index (χ2n) is 6.54.